The molecule has 0 aliphatic rings. The Hall–Kier alpha value is -0.200. The Morgan fingerprint density at radius 2 is 2.14 bits per heavy atom. The molecule has 0 amide bonds. The van der Waals surface area contributed by atoms with Crippen molar-refractivity contribution in [2.45, 2.75) is 18.9 Å². The van der Waals surface area contributed by atoms with Crippen LogP contribution in [0.3, 0.4) is 0 Å². The summed E-state index contributed by atoms with van der Waals surface area (Å²) in [4.78, 5) is 0. The van der Waals surface area contributed by atoms with Gasteiger partial charge in [0.25, 0.3) is 0 Å². The van der Waals surface area contributed by atoms with Gasteiger partial charge in [0.15, 0.2) is 0 Å². The van der Waals surface area contributed by atoms with E-state index >= 15 is 0 Å². The lowest BCUT2D eigenvalue weighted by molar-refractivity contribution is 0.553. The van der Waals surface area contributed by atoms with Gasteiger partial charge >= 0.3 is 0 Å². The summed E-state index contributed by atoms with van der Waals surface area (Å²) in [5, 5.41) is 0. The number of rotatable bonds is 4. The zero-order valence-electron chi connectivity index (χ0n) is 7.84. The highest BCUT2D eigenvalue weighted by molar-refractivity contribution is 14.1. The number of benzene rings is 1. The van der Waals surface area contributed by atoms with Crippen molar-refractivity contribution in [3.63, 3.8) is 0 Å². The molecule has 0 radical (unpaired) electrons. The van der Waals surface area contributed by atoms with E-state index in [1.54, 1.807) is 12.1 Å². The smallest absolute Gasteiger partial charge is 0.128 e. The average Bonchev–Trinajstić information content (AvgIpc) is 2.18. The number of halogens is 2. The molecule has 2 nitrogen and oxygen atoms in total. The quantitative estimate of drug-likeness (QED) is 0.838. The minimum Gasteiger partial charge on any atom is -0.330 e. The molecule has 1 atom stereocenters. The Morgan fingerprint density at radius 1 is 1.43 bits per heavy atom. The standard InChI is InChI=1S/C10H14FIN2/c11-9-4-3-7(12)6-8(9)10(14)2-1-5-13/h3-4,6,10H,1-2,5,13-14H2/t10-/m0/s1. The second-order valence-corrected chi connectivity index (χ2v) is 4.45. The van der Waals surface area contributed by atoms with Crippen LogP contribution in [0.4, 0.5) is 4.39 Å². The van der Waals surface area contributed by atoms with Crippen LogP contribution in [-0.2, 0) is 0 Å². The molecule has 0 heterocycles. The Labute approximate surface area is 97.0 Å². The molecule has 0 aromatic heterocycles. The molecule has 0 aliphatic heterocycles. The fourth-order valence-electron chi connectivity index (χ4n) is 1.29. The molecule has 0 aliphatic carbocycles. The zero-order valence-corrected chi connectivity index (χ0v) is 10.00. The normalized spacial score (nSPS) is 12.9. The molecule has 4 N–H and O–H groups in total. The minimum absolute atomic E-state index is 0.227. The highest BCUT2D eigenvalue weighted by Crippen LogP contribution is 2.21. The molecule has 1 aromatic carbocycles. The molecule has 78 valence electrons. The van der Waals surface area contributed by atoms with E-state index < -0.39 is 0 Å². The van der Waals surface area contributed by atoms with Crippen molar-refractivity contribution in [1.82, 2.24) is 0 Å². The van der Waals surface area contributed by atoms with Crippen LogP contribution < -0.4 is 11.5 Å². The molecule has 4 heteroatoms. The van der Waals surface area contributed by atoms with E-state index in [0.717, 1.165) is 16.4 Å². The molecule has 0 unspecified atom stereocenters. The summed E-state index contributed by atoms with van der Waals surface area (Å²) in [6.07, 6.45) is 1.56. The number of hydrogen-bond acceptors (Lipinski definition) is 2. The molecule has 0 bridgehead atoms. The molecule has 0 saturated carbocycles. The molecular weight excluding hydrogens is 294 g/mol. The lowest BCUT2D eigenvalue weighted by atomic mass is 10.0. The van der Waals surface area contributed by atoms with Gasteiger partial charge < -0.3 is 11.5 Å². The first-order valence-electron chi connectivity index (χ1n) is 4.55. The van der Waals surface area contributed by atoms with Gasteiger partial charge in [0.1, 0.15) is 5.82 Å². The van der Waals surface area contributed by atoms with E-state index in [1.165, 1.54) is 6.07 Å². The first kappa shape index (κ1) is 11.9. The summed E-state index contributed by atoms with van der Waals surface area (Å²) in [6, 6.07) is 4.74. The third-order valence-electron chi connectivity index (χ3n) is 2.08. The first-order valence-corrected chi connectivity index (χ1v) is 5.63. The topological polar surface area (TPSA) is 52.0 Å². The van der Waals surface area contributed by atoms with Crippen LogP contribution in [0.1, 0.15) is 24.4 Å². The lowest BCUT2D eigenvalue weighted by Crippen LogP contribution is -2.14. The van der Waals surface area contributed by atoms with Crippen LogP contribution in [0.5, 0.6) is 0 Å². The van der Waals surface area contributed by atoms with Crippen molar-refractivity contribution in [3.05, 3.63) is 33.1 Å². The van der Waals surface area contributed by atoms with Gasteiger partial charge in [-0.2, -0.15) is 0 Å². The zero-order chi connectivity index (χ0) is 10.6. The molecule has 14 heavy (non-hydrogen) atoms. The van der Waals surface area contributed by atoms with Gasteiger partial charge in [-0.05, 0) is 60.2 Å². The van der Waals surface area contributed by atoms with Gasteiger partial charge in [0.2, 0.25) is 0 Å². The molecule has 1 rings (SSSR count). The summed E-state index contributed by atoms with van der Waals surface area (Å²) < 4.78 is 14.3. The van der Waals surface area contributed by atoms with E-state index in [0.29, 0.717) is 12.1 Å². The van der Waals surface area contributed by atoms with Gasteiger partial charge in [-0.25, -0.2) is 4.39 Å². The Balaban J connectivity index is 2.77. The van der Waals surface area contributed by atoms with Crippen LogP contribution in [0.15, 0.2) is 18.2 Å². The summed E-state index contributed by atoms with van der Waals surface area (Å²) >= 11 is 2.15. The summed E-state index contributed by atoms with van der Waals surface area (Å²) in [6.45, 7) is 0.596. The van der Waals surface area contributed by atoms with Crippen molar-refractivity contribution in [2.75, 3.05) is 6.54 Å². The summed E-state index contributed by atoms with van der Waals surface area (Å²) in [5.74, 6) is -0.227. The largest absolute Gasteiger partial charge is 0.330 e. The lowest BCUT2D eigenvalue weighted by Gasteiger charge is -2.12. The fourth-order valence-corrected chi connectivity index (χ4v) is 1.81. The maximum Gasteiger partial charge on any atom is 0.128 e. The van der Waals surface area contributed by atoms with Gasteiger partial charge in [-0.15, -0.1) is 0 Å². The van der Waals surface area contributed by atoms with E-state index in [2.05, 4.69) is 22.6 Å². The number of hydrogen-bond donors (Lipinski definition) is 2. The van der Waals surface area contributed by atoms with E-state index in [9.17, 15) is 4.39 Å². The minimum atomic E-state index is -0.242. The monoisotopic (exact) mass is 308 g/mol. The second-order valence-electron chi connectivity index (χ2n) is 3.20. The first-order chi connectivity index (χ1) is 6.65. The second kappa shape index (κ2) is 5.63. The molecule has 0 saturated heterocycles. The highest BCUT2D eigenvalue weighted by Gasteiger charge is 2.10. The maximum atomic E-state index is 13.3. The Kier molecular flexibility index (Phi) is 4.77. The van der Waals surface area contributed by atoms with Crippen molar-refractivity contribution in [2.24, 2.45) is 11.5 Å². The maximum absolute atomic E-state index is 13.3. The third kappa shape index (κ3) is 3.18. The third-order valence-corrected chi connectivity index (χ3v) is 2.75. The van der Waals surface area contributed by atoms with E-state index in [-0.39, 0.29) is 11.9 Å². The molecular formula is C10H14FIN2. The predicted molar refractivity (Wildman–Crippen MR) is 64.3 cm³/mol. The molecule has 1 aromatic rings. The number of nitrogens with two attached hydrogens (primary N) is 2. The van der Waals surface area contributed by atoms with Gasteiger partial charge in [0, 0.05) is 15.2 Å². The Morgan fingerprint density at radius 3 is 2.79 bits per heavy atom. The molecule has 0 fully saturated rings. The van der Waals surface area contributed by atoms with E-state index in [1.807, 2.05) is 0 Å². The summed E-state index contributed by atoms with van der Waals surface area (Å²) in [5.41, 5.74) is 11.8. The Bertz CT molecular complexity index is 304. The van der Waals surface area contributed by atoms with Gasteiger partial charge in [-0.3, -0.25) is 0 Å². The van der Waals surface area contributed by atoms with Crippen LogP contribution in [-0.4, -0.2) is 6.54 Å². The van der Waals surface area contributed by atoms with Crippen molar-refractivity contribution in [3.8, 4) is 0 Å². The van der Waals surface area contributed by atoms with Crippen LogP contribution in [0.2, 0.25) is 0 Å². The van der Waals surface area contributed by atoms with Crippen LogP contribution in [0, 0.1) is 9.39 Å². The SMILES string of the molecule is NCCC[C@H](N)c1cc(I)ccc1F. The molecule has 0 spiro atoms. The van der Waals surface area contributed by atoms with Gasteiger partial charge in [-0.1, -0.05) is 0 Å². The highest BCUT2D eigenvalue weighted by atomic mass is 127. The summed E-state index contributed by atoms with van der Waals surface area (Å²) in [7, 11) is 0. The average molecular weight is 308 g/mol. The van der Waals surface area contributed by atoms with Gasteiger partial charge in [0.05, 0.1) is 0 Å². The van der Waals surface area contributed by atoms with Crippen LogP contribution >= 0.6 is 22.6 Å². The fraction of sp³-hybridized carbons (Fsp3) is 0.400. The van der Waals surface area contributed by atoms with Crippen LogP contribution in [0.25, 0.3) is 0 Å². The van der Waals surface area contributed by atoms with Crippen molar-refractivity contribution in [1.29, 1.82) is 0 Å². The van der Waals surface area contributed by atoms with Crippen molar-refractivity contribution < 1.29 is 4.39 Å². The van der Waals surface area contributed by atoms with Crippen molar-refractivity contribution >= 4 is 22.6 Å². The van der Waals surface area contributed by atoms with E-state index in [4.69, 9.17) is 11.5 Å². The predicted octanol–water partition coefficient (Wildman–Crippen LogP) is 2.17.